The first-order valence-corrected chi connectivity index (χ1v) is 10.2. The van der Waals surface area contributed by atoms with Crippen LogP contribution < -0.4 is 15.8 Å². The maximum atomic E-state index is 12.0. The summed E-state index contributed by atoms with van der Waals surface area (Å²) in [5, 5.41) is 8.18. The molecular weight excluding hydrogens is 388 g/mol. The number of hydrogen-bond donors (Lipinski definition) is 2. The van der Waals surface area contributed by atoms with Crippen molar-refractivity contribution in [1.82, 2.24) is 9.78 Å². The molecule has 1 atom stereocenters. The lowest BCUT2D eigenvalue weighted by Crippen LogP contribution is -2.24. The van der Waals surface area contributed by atoms with E-state index in [-0.39, 0.29) is 6.04 Å². The molecule has 4 aromatic rings. The average Bonchev–Trinajstić information content (AvgIpc) is 3.20. The monoisotopic (exact) mass is 410 g/mol. The summed E-state index contributed by atoms with van der Waals surface area (Å²) in [7, 11) is 0. The van der Waals surface area contributed by atoms with Crippen LogP contribution in [0.1, 0.15) is 28.4 Å². The van der Waals surface area contributed by atoms with Crippen LogP contribution in [0.5, 0.6) is 11.5 Å². The molecule has 1 aromatic heterocycles. The molecule has 6 nitrogen and oxygen atoms in total. The molecular formula is C25H22N4O2. The summed E-state index contributed by atoms with van der Waals surface area (Å²) >= 11 is 0. The van der Waals surface area contributed by atoms with E-state index >= 15 is 0 Å². The number of anilines is 2. The van der Waals surface area contributed by atoms with Crippen LogP contribution in [0.15, 0.2) is 78.9 Å². The highest BCUT2D eigenvalue weighted by atomic mass is 16.5. The van der Waals surface area contributed by atoms with Gasteiger partial charge in [0, 0.05) is 17.8 Å². The van der Waals surface area contributed by atoms with Crippen LogP contribution in [0.25, 0.3) is 11.3 Å². The van der Waals surface area contributed by atoms with Gasteiger partial charge in [0.1, 0.15) is 23.0 Å². The first kappa shape index (κ1) is 18.9. The number of carbonyl (C=O) groups is 1. The zero-order valence-electron chi connectivity index (χ0n) is 16.9. The largest absolute Gasteiger partial charge is 0.457 e. The van der Waals surface area contributed by atoms with Crippen molar-refractivity contribution in [3.05, 3.63) is 90.0 Å². The Kier molecular flexibility index (Phi) is 4.88. The minimum atomic E-state index is 0.0463. The first-order chi connectivity index (χ1) is 15.2. The van der Waals surface area contributed by atoms with E-state index in [0.29, 0.717) is 11.3 Å². The molecule has 0 saturated carbocycles. The van der Waals surface area contributed by atoms with Gasteiger partial charge in [-0.25, -0.2) is 4.68 Å². The summed E-state index contributed by atoms with van der Waals surface area (Å²) in [6.45, 7) is 0.769. The van der Waals surface area contributed by atoms with Crippen LogP contribution in [0.3, 0.4) is 0 Å². The van der Waals surface area contributed by atoms with Gasteiger partial charge in [0.05, 0.1) is 11.6 Å². The number of fused-ring (bicyclic) bond motifs is 1. The summed E-state index contributed by atoms with van der Waals surface area (Å²) in [5.41, 5.74) is 9.78. The van der Waals surface area contributed by atoms with Gasteiger partial charge in [-0.15, -0.1) is 0 Å². The molecule has 0 spiro atoms. The lowest BCUT2D eigenvalue weighted by Gasteiger charge is -2.26. The molecule has 31 heavy (non-hydrogen) atoms. The molecule has 0 bridgehead atoms. The third-order valence-corrected chi connectivity index (χ3v) is 5.50. The van der Waals surface area contributed by atoms with E-state index in [0.717, 1.165) is 53.4 Å². The molecule has 1 aliphatic heterocycles. The zero-order valence-corrected chi connectivity index (χ0v) is 16.9. The fourth-order valence-electron chi connectivity index (χ4n) is 3.95. The van der Waals surface area contributed by atoms with Crippen molar-refractivity contribution < 1.29 is 9.53 Å². The number of ether oxygens (including phenoxy) is 1. The number of nitrogens with zero attached hydrogens (tertiary/aromatic N) is 2. The van der Waals surface area contributed by atoms with Crippen molar-refractivity contribution in [3.63, 3.8) is 0 Å². The molecule has 6 heteroatoms. The molecule has 0 aliphatic carbocycles. The first-order valence-electron chi connectivity index (χ1n) is 10.2. The Bertz CT molecular complexity index is 1200. The third-order valence-electron chi connectivity index (χ3n) is 5.50. The fourth-order valence-corrected chi connectivity index (χ4v) is 3.95. The Morgan fingerprint density at radius 3 is 2.39 bits per heavy atom. The summed E-state index contributed by atoms with van der Waals surface area (Å²) < 4.78 is 7.79. The van der Waals surface area contributed by atoms with Gasteiger partial charge >= 0.3 is 0 Å². The number of aldehydes is 1. The van der Waals surface area contributed by atoms with Gasteiger partial charge in [0.25, 0.3) is 0 Å². The number of para-hydroxylation sites is 1. The van der Waals surface area contributed by atoms with Crippen LogP contribution in [-0.2, 0) is 0 Å². The topological polar surface area (TPSA) is 82.2 Å². The van der Waals surface area contributed by atoms with E-state index in [2.05, 4.69) is 5.32 Å². The minimum Gasteiger partial charge on any atom is -0.457 e. The minimum absolute atomic E-state index is 0.0463. The van der Waals surface area contributed by atoms with Crippen LogP contribution in [0.2, 0.25) is 0 Å². The summed E-state index contributed by atoms with van der Waals surface area (Å²) in [5.74, 6) is 2.25. The quantitative estimate of drug-likeness (QED) is 0.352. The van der Waals surface area contributed by atoms with E-state index in [1.165, 1.54) is 0 Å². The Balaban J connectivity index is 1.49. The van der Waals surface area contributed by atoms with Crippen LogP contribution in [-0.4, -0.2) is 22.6 Å². The molecule has 0 amide bonds. The third kappa shape index (κ3) is 3.64. The summed E-state index contributed by atoms with van der Waals surface area (Å²) in [4.78, 5) is 12.0. The van der Waals surface area contributed by atoms with E-state index in [1.54, 1.807) is 0 Å². The second kappa shape index (κ2) is 7.99. The number of nitrogens with one attached hydrogen (secondary N) is 1. The number of hydrogen-bond acceptors (Lipinski definition) is 5. The predicted molar refractivity (Wildman–Crippen MR) is 122 cm³/mol. The number of nitrogens with two attached hydrogens (primary N) is 1. The number of nitrogen functional groups attached to an aromatic ring is 1. The van der Waals surface area contributed by atoms with Gasteiger partial charge in [-0.2, -0.15) is 5.10 Å². The number of benzene rings is 3. The normalized spacial score (nSPS) is 15.0. The van der Waals surface area contributed by atoms with Gasteiger partial charge in [0.2, 0.25) is 0 Å². The molecule has 0 radical (unpaired) electrons. The van der Waals surface area contributed by atoms with Crippen molar-refractivity contribution in [1.29, 1.82) is 0 Å². The second-order valence-corrected chi connectivity index (χ2v) is 7.51. The van der Waals surface area contributed by atoms with Crippen LogP contribution >= 0.6 is 0 Å². The predicted octanol–water partition coefficient (Wildman–Crippen LogP) is 5.14. The number of rotatable bonds is 5. The Morgan fingerprint density at radius 1 is 0.968 bits per heavy atom. The van der Waals surface area contributed by atoms with Gasteiger partial charge in [0.15, 0.2) is 6.29 Å². The standard InChI is InChI=1S/C25H22N4O2/c26-19-10-6-17(7-11-19)23-14-15-27-25-22(16-30)24(28-29(23)25)18-8-12-21(13-9-18)31-20-4-2-1-3-5-20/h1-13,16,23,27H,14-15,26H2. The number of aromatic nitrogens is 2. The van der Waals surface area contributed by atoms with Crippen LogP contribution in [0.4, 0.5) is 11.5 Å². The number of carbonyl (C=O) groups excluding carboxylic acids is 1. The highest BCUT2D eigenvalue weighted by molar-refractivity contribution is 5.92. The summed E-state index contributed by atoms with van der Waals surface area (Å²) in [6, 6.07) is 25.1. The van der Waals surface area contributed by atoms with Crippen molar-refractivity contribution >= 4 is 17.8 Å². The molecule has 2 heterocycles. The zero-order chi connectivity index (χ0) is 21.2. The van der Waals surface area contributed by atoms with E-state index in [9.17, 15) is 4.79 Å². The summed E-state index contributed by atoms with van der Waals surface area (Å²) in [6.07, 6.45) is 1.75. The van der Waals surface area contributed by atoms with E-state index in [1.807, 2.05) is 83.5 Å². The smallest absolute Gasteiger partial charge is 0.156 e. The van der Waals surface area contributed by atoms with Crippen LogP contribution in [0, 0.1) is 0 Å². The highest BCUT2D eigenvalue weighted by Gasteiger charge is 2.28. The molecule has 3 aromatic carbocycles. The molecule has 0 fully saturated rings. The van der Waals surface area contributed by atoms with Gasteiger partial charge in [-0.3, -0.25) is 4.79 Å². The molecule has 3 N–H and O–H groups in total. The Morgan fingerprint density at radius 2 is 1.68 bits per heavy atom. The van der Waals surface area contributed by atoms with Crippen molar-refractivity contribution in [2.45, 2.75) is 12.5 Å². The van der Waals surface area contributed by atoms with Gasteiger partial charge in [-0.05, 0) is 60.5 Å². The maximum absolute atomic E-state index is 12.0. The fraction of sp³-hybridized carbons (Fsp3) is 0.120. The lowest BCUT2D eigenvalue weighted by atomic mass is 10.0. The Hall–Kier alpha value is -4.06. The van der Waals surface area contributed by atoms with E-state index in [4.69, 9.17) is 15.6 Å². The van der Waals surface area contributed by atoms with Gasteiger partial charge < -0.3 is 15.8 Å². The van der Waals surface area contributed by atoms with Gasteiger partial charge in [-0.1, -0.05) is 30.3 Å². The lowest BCUT2D eigenvalue weighted by molar-refractivity contribution is 0.112. The van der Waals surface area contributed by atoms with Crippen molar-refractivity contribution in [3.8, 4) is 22.8 Å². The molecule has 1 unspecified atom stereocenters. The van der Waals surface area contributed by atoms with Crippen molar-refractivity contribution in [2.24, 2.45) is 0 Å². The second-order valence-electron chi connectivity index (χ2n) is 7.51. The molecule has 1 aliphatic rings. The Labute approximate surface area is 180 Å². The SMILES string of the molecule is Nc1ccc(C2CCNc3c(C=O)c(-c4ccc(Oc5ccccc5)cc4)nn32)cc1. The van der Waals surface area contributed by atoms with E-state index < -0.39 is 0 Å². The molecule has 5 rings (SSSR count). The maximum Gasteiger partial charge on any atom is 0.156 e. The highest BCUT2D eigenvalue weighted by Crippen LogP contribution is 2.36. The molecule has 0 saturated heterocycles. The van der Waals surface area contributed by atoms with Crippen molar-refractivity contribution in [2.75, 3.05) is 17.6 Å². The molecule has 154 valence electrons. The average molecular weight is 410 g/mol.